The number of alkyl carbamates (subject to hydrolysis) is 1. The van der Waals surface area contributed by atoms with Crippen molar-refractivity contribution >= 4 is 18.0 Å². The molecular weight excluding hydrogens is 446 g/mol. The van der Waals surface area contributed by atoms with Crippen LogP contribution >= 0.6 is 0 Å². The number of rotatable bonds is 12. The Morgan fingerprint density at radius 1 is 1.15 bits per heavy atom. The van der Waals surface area contributed by atoms with Gasteiger partial charge in [-0.25, -0.2) is 9.59 Å². The summed E-state index contributed by atoms with van der Waals surface area (Å²) < 4.78 is 10.0. The summed E-state index contributed by atoms with van der Waals surface area (Å²) in [6.07, 6.45) is -2.97. The van der Waals surface area contributed by atoms with E-state index < -0.39 is 40.9 Å². The van der Waals surface area contributed by atoms with Gasteiger partial charge in [-0.1, -0.05) is 44.2 Å². The minimum Gasteiger partial charge on any atom is -0.424 e. The number of carbonyl (C=O) groups is 3. The average molecular weight is 480 g/mol. The van der Waals surface area contributed by atoms with Gasteiger partial charge in [0.05, 0.1) is 5.41 Å². The molecule has 0 bridgehead atoms. The second-order valence-electron chi connectivity index (χ2n) is 8.50. The number of esters is 1. The fourth-order valence-electron chi connectivity index (χ4n) is 4.03. The van der Waals surface area contributed by atoms with Crippen LogP contribution in [0, 0.1) is 22.0 Å². The van der Waals surface area contributed by atoms with Crippen LogP contribution in [0.2, 0.25) is 0 Å². The number of hydrogen-bond donors (Lipinski definition) is 1. The fourth-order valence-corrected chi connectivity index (χ4v) is 4.03. The third-order valence-corrected chi connectivity index (χ3v) is 5.91. The summed E-state index contributed by atoms with van der Waals surface area (Å²) in [6.45, 7) is 9.66. The molecule has 1 aromatic carbocycles. The Labute approximate surface area is 198 Å². The van der Waals surface area contributed by atoms with Gasteiger partial charge in [-0.3, -0.25) is 9.63 Å². The van der Waals surface area contributed by atoms with E-state index in [0.717, 1.165) is 5.56 Å². The lowest BCUT2D eigenvalue weighted by molar-refractivity contribution is -0.766. The largest absolute Gasteiger partial charge is 0.424 e. The Balaban J connectivity index is 1.95. The maximum Gasteiger partial charge on any atom is 0.410 e. The molecular formula is C23H33N3O8. The maximum atomic E-state index is 13.3. The maximum absolute atomic E-state index is 13.3. The van der Waals surface area contributed by atoms with Crippen LogP contribution in [0.5, 0.6) is 0 Å². The predicted molar refractivity (Wildman–Crippen MR) is 121 cm³/mol. The normalized spacial score (nSPS) is 20.6. The molecule has 34 heavy (non-hydrogen) atoms. The molecule has 11 heteroatoms. The van der Waals surface area contributed by atoms with Crippen LogP contribution in [0.3, 0.4) is 0 Å². The van der Waals surface area contributed by atoms with Gasteiger partial charge in [-0.15, -0.1) is 10.1 Å². The molecule has 2 rings (SSSR count). The van der Waals surface area contributed by atoms with Gasteiger partial charge in [-0.05, 0) is 37.7 Å². The number of ether oxygens (including phenoxy) is 2. The van der Waals surface area contributed by atoms with Gasteiger partial charge in [0.2, 0.25) is 18.3 Å². The summed E-state index contributed by atoms with van der Waals surface area (Å²) in [6, 6.07) is 9.48. The second-order valence-corrected chi connectivity index (χ2v) is 8.50. The van der Waals surface area contributed by atoms with Gasteiger partial charge in [0.25, 0.3) is 5.09 Å². The zero-order chi connectivity index (χ0) is 25.5. The van der Waals surface area contributed by atoms with Gasteiger partial charge in [0, 0.05) is 26.6 Å². The molecule has 1 fully saturated rings. The molecule has 1 aliphatic rings. The highest BCUT2D eigenvalue weighted by molar-refractivity contribution is 5.92. The lowest BCUT2D eigenvalue weighted by Crippen LogP contribution is -2.42. The average Bonchev–Trinajstić information content (AvgIpc) is 3.52. The lowest BCUT2D eigenvalue weighted by Gasteiger charge is -2.26. The summed E-state index contributed by atoms with van der Waals surface area (Å²) in [5.41, 5.74) is 0.197. The van der Waals surface area contributed by atoms with Gasteiger partial charge < -0.3 is 19.7 Å². The number of benzene rings is 1. The van der Waals surface area contributed by atoms with E-state index in [4.69, 9.17) is 9.47 Å². The van der Waals surface area contributed by atoms with E-state index in [2.05, 4.69) is 10.2 Å². The van der Waals surface area contributed by atoms with Crippen molar-refractivity contribution in [3.05, 3.63) is 46.0 Å². The summed E-state index contributed by atoms with van der Waals surface area (Å²) in [5.74, 6) is -1.63. The Bertz CT molecular complexity index is 874. The van der Waals surface area contributed by atoms with E-state index in [0.29, 0.717) is 19.5 Å². The molecule has 11 nitrogen and oxygen atoms in total. The highest BCUT2D eigenvalue weighted by Gasteiger charge is 2.61. The zero-order valence-corrected chi connectivity index (χ0v) is 20.2. The molecule has 1 saturated carbocycles. The van der Waals surface area contributed by atoms with E-state index in [1.54, 1.807) is 18.7 Å². The Morgan fingerprint density at radius 2 is 1.76 bits per heavy atom. The minimum absolute atomic E-state index is 0.0247. The SMILES string of the molecule is CCN(CC)C(=O)[C@]1(c2ccccc2)C[C@@H]1CNC(=O)OC(C)OC(=O)[C@H](O[N+](=O)[O-])C(C)C. The monoisotopic (exact) mass is 479 g/mol. The van der Waals surface area contributed by atoms with Gasteiger partial charge in [0.15, 0.2) is 0 Å². The smallest absolute Gasteiger partial charge is 0.410 e. The highest BCUT2D eigenvalue weighted by Crippen LogP contribution is 2.55. The van der Waals surface area contributed by atoms with Crippen LogP contribution in [0.1, 0.15) is 46.6 Å². The molecule has 188 valence electrons. The molecule has 1 unspecified atom stereocenters. The van der Waals surface area contributed by atoms with Crippen LogP contribution in [-0.4, -0.2) is 60.0 Å². The number of likely N-dealkylation sites (N-methyl/N-ethyl adjacent to an activating group) is 1. The fraction of sp³-hybridized carbons (Fsp3) is 0.609. The Morgan fingerprint density at radius 3 is 2.29 bits per heavy atom. The number of amides is 2. The third-order valence-electron chi connectivity index (χ3n) is 5.91. The van der Waals surface area contributed by atoms with Gasteiger partial charge in [-0.2, -0.15) is 0 Å². The van der Waals surface area contributed by atoms with Crippen molar-refractivity contribution in [3.63, 3.8) is 0 Å². The highest BCUT2D eigenvalue weighted by atomic mass is 17.0. The molecule has 1 aliphatic carbocycles. The van der Waals surface area contributed by atoms with Gasteiger partial charge >= 0.3 is 12.1 Å². The van der Waals surface area contributed by atoms with Crippen molar-refractivity contribution in [1.82, 2.24) is 10.2 Å². The number of carbonyl (C=O) groups excluding carboxylic acids is 3. The Hall–Kier alpha value is -3.37. The van der Waals surface area contributed by atoms with Crippen molar-refractivity contribution in [1.29, 1.82) is 0 Å². The molecule has 0 heterocycles. The van der Waals surface area contributed by atoms with E-state index in [1.165, 1.54) is 6.92 Å². The predicted octanol–water partition coefficient (Wildman–Crippen LogP) is 2.66. The van der Waals surface area contributed by atoms with E-state index in [-0.39, 0.29) is 18.4 Å². The summed E-state index contributed by atoms with van der Waals surface area (Å²) in [5, 5.41) is 12.1. The van der Waals surface area contributed by atoms with Crippen molar-refractivity contribution in [2.24, 2.45) is 11.8 Å². The summed E-state index contributed by atoms with van der Waals surface area (Å²) in [7, 11) is 0. The molecule has 0 aliphatic heterocycles. The molecule has 2 amide bonds. The standard InChI is InChI=1S/C23H33N3O8/c1-6-25(7-2)21(28)23(17-11-9-8-10-12-17)13-18(23)14-24-22(29)33-16(5)32-20(27)19(15(3)4)34-26(30)31/h8-12,15-16,18-19H,6-7,13-14H2,1-5H3,(H,24,29)/t16?,18-,19-,23+/m1/s1. The van der Waals surface area contributed by atoms with E-state index in [9.17, 15) is 24.5 Å². The molecule has 0 radical (unpaired) electrons. The van der Waals surface area contributed by atoms with Crippen LogP contribution in [-0.2, 0) is 29.3 Å². The Kier molecular flexibility index (Phi) is 9.22. The lowest BCUT2D eigenvalue weighted by atomic mass is 9.91. The van der Waals surface area contributed by atoms with Crippen LogP contribution in [0.25, 0.3) is 0 Å². The van der Waals surface area contributed by atoms with Crippen LogP contribution in [0.4, 0.5) is 4.79 Å². The molecule has 1 aromatic rings. The van der Waals surface area contributed by atoms with Gasteiger partial charge in [0.1, 0.15) is 0 Å². The topological polar surface area (TPSA) is 137 Å². The van der Waals surface area contributed by atoms with Crippen LogP contribution in [0.15, 0.2) is 30.3 Å². The van der Waals surface area contributed by atoms with Crippen molar-refractivity contribution in [2.75, 3.05) is 19.6 Å². The first-order valence-corrected chi connectivity index (χ1v) is 11.4. The van der Waals surface area contributed by atoms with Crippen molar-refractivity contribution < 1.29 is 33.8 Å². The number of nitrogens with one attached hydrogen (secondary N) is 1. The molecule has 1 N–H and O–H groups in total. The second kappa shape index (κ2) is 11.7. The van der Waals surface area contributed by atoms with Crippen molar-refractivity contribution in [3.8, 4) is 0 Å². The number of hydrogen-bond acceptors (Lipinski definition) is 8. The first-order valence-electron chi connectivity index (χ1n) is 11.4. The summed E-state index contributed by atoms with van der Waals surface area (Å²) >= 11 is 0. The quantitative estimate of drug-likeness (QED) is 0.209. The van der Waals surface area contributed by atoms with Crippen molar-refractivity contribution in [2.45, 2.75) is 58.8 Å². The van der Waals surface area contributed by atoms with Crippen LogP contribution < -0.4 is 5.32 Å². The zero-order valence-electron chi connectivity index (χ0n) is 20.2. The van der Waals surface area contributed by atoms with E-state index in [1.807, 2.05) is 44.2 Å². The number of nitrogens with zero attached hydrogens (tertiary/aromatic N) is 2. The third kappa shape index (κ3) is 6.36. The molecule has 0 aromatic heterocycles. The van der Waals surface area contributed by atoms with E-state index >= 15 is 0 Å². The molecule has 4 atom stereocenters. The first kappa shape index (κ1) is 26.9. The molecule has 0 spiro atoms. The molecule has 0 saturated heterocycles. The first-order chi connectivity index (χ1) is 16.1. The summed E-state index contributed by atoms with van der Waals surface area (Å²) in [4.78, 5) is 54.4. The minimum atomic E-state index is -1.44.